The van der Waals surface area contributed by atoms with Crippen molar-refractivity contribution in [3.8, 4) is 0 Å². The fourth-order valence-corrected chi connectivity index (χ4v) is 11.5. The summed E-state index contributed by atoms with van der Waals surface area (Å²) in [5, 5.41) is 11.6. The number of ketones is 1. The monoisotopic (exact) mass is 529 g/mol. The van der Waals surface area contributed by atoms with Crippen molar-refractivity contribution in [1.29, 1.82) is 0 Å². The molecule has 0 heterocycles. The summed E-state index contributed by atoms with van der Waals surface area (Å²) in [6, 6.07) is 0. The molecule has 0 saturated heterocycles. The minimum atomic E-state index is -1.52. The lowest BCUT2D eigenvalue weighted by molar-refractivity contribution is -0.319. The number of carbonyl (C=O) groups is 3. The van der Waals surface area contributed by atoms with E-state index >= 15 is 0 Å². The summed E-state index contributed by atoms with van der Waals surface area (Å²) in [6.07, 6.45) is 8.28. The first-order valence-electron chi connectivity index (χ1n) is 15.0. The quantitative estimate of drug-likeness (QED) is 0.348. The highest BCUT2D eigenvalue weighted by Gasteiger charge is 2.74. The molecule has 0 aromatic rings. The lowest BCUT2D eigenvalue weighted by Crippen LogP contribution is -2.71. The van der Waals surface area contributed by atoms with E-state index in [0.717, 1.165) is 44.9 Å². The number of Topliss-reactive ketones (excluding diaryl/α,β-unsaturated/α-hetero) is 1. The third kappa shape index (κ3) is 3.37. The van der Waals surface area contributed by atoms with E-state index in [9.17, 15) is 19.5 Å². The van der Waals surface area contributed by atoms with Gasteiger partial charge < -0.3 is 15.6 Å². The third-order valence-electron chi connectivity index (χ3n) is 14.2. The standard InChI is InChI=1S/C32H51NO5/c1-19(34)38-32(37)16-14-29(6)23(26(32,2)3)9-10-31(8)24(29)22(35)17-20-21-18-28(5,25(33)36)12-11-27(21,4)13-15-30(20,31)7/h20-21,23-24,37H,9-18H2,1-8H3,(H2,33,36)/t20-,21-,23?,24-,27-,28+,29+,30-,31-,32+/m1/s1. The Morgan fingerprint density at radius 2 is 1.50 bits per heavy atom. The highest BCUT2D eigenvalue weighted by Crippen LogP contribution is 2.76. The summed E-state index contributed by atoms with van der Waals surface area (Å²) in [4.78, 5) is 38.9. The summed E-state index contributed by atoms with van der Waals surface area (Å²) in [7, 11) is 0. The maximum absolute atomic E-state index is 14.5. The Kier molecular flexibility index (Phi) is 5.97. The minimum Gasteiger partial charge on any atom is -0.433 e. The van der Waals surface area contributed by atoms with Crippen molar-refractivity contribution in [2.45, 2.75) is 125 Å². The van der Waals surface area contributed by atoms with Crippen molar-refractivity contribution >= 4 is 17.7 Å². The molecule has 5 fully saturated rings. The molecule has 6 nitrogen and oxygen atoms in total. The molecule has 38 heavy (non-hydrogen) atoms. The van der Waals surface area contributed by atoms with Crippen molar-refractivity contribution in [2.24, 2.45) is 61.9 Å². The van der Waals surface area contributed by atoms with Crippen molar-refractivity contribution in [3.05, 3.63) is 0 Å². The number of esters is 1. The first kappa shape index (κ1) is 28.1. The van der Waals surface area contributed by atoms with Crippen LogP contribution < -0.4 is 5.73 Å². The normalized spacial score (nSPS) is 53.6. The van der Waals surface area contributed by atoms with Gasteiger partial charge in [-0.2, -0.15) is 0 Å². The van der Waals surface area contributed by atoms with Gasteiger partial charge in [0, 0.05) is 36.5 Å². The second kappa shape index (κ2) is 8.07. The van der Waals surface area contributed by atoms with Crippen molar-refractivity contribution < 1.29 is 24.2 Å². The van der Waals surface area contributed by atoms with Crippen LogP contribution in [0.15, 0.2) is 0 Å². The molecule has 1 unspecified atom stereocenters. The Balaban J connectivity index is 1.54. The highest BCUT2D eigenvalue weighted by molar-refractivity contribution is 5.85. The molecule has 0 radical (unpaired) electrons. The van der Waals surface area contributed by atoms with E-state index in [1.165, 1.54) is 6.92 Å². The second-order valence-electron chi connectivity index (χ2n) is 16.1. The lowest BCUT2D eigenvalue weighted by Gasteiger charge is -2.73. The van der Waals surface area contributed by atoms with Crippen molar-refractivity contribution in [1.82, 2.24) is 0 Å². The van der Waals surface area contributed by atoms with Gasteiger partial charge in [0.05, 0.1) is 0 Å². The van der Waals surface area contributed by atoms with Gasteiger partial charge in [-0.25, -0.2) is 0 Å². The van der Waals surface area contributed by atoms with Gasteiger partial charge in [0.2, 0.25) is 11.7 Å². The van der Waals surface area contributed by atoms with Gasteiger partial charge >= 0.3 is 5.97 Å². The summed E-state index contributed by atoms with van der Waals surface area (Å²) in [5.41, 5.74) is 4.48. The number of amides is 1. The van der Waals surface area contributed by atoms with E-state index in [-0.39, 0.29) is 45.3 Å². The number of primary amides is 1. The first-order chi connectivity index (χ1) is 17.3. The van der Waals surface area contributed by atoms with Gasteiger partial charge in [0.1, 0.15) is 5.78 Å². The number of rotatable bonds is 2. The van der Waals surface area contributed by atoms with Crippen LogP contribution in [0, 0.1) is 56.2 Å². The molecule has 6 heteroatoms. The molecular formula is C32H51NO5. The fraction of sp³-hybridized carbons (Fsp3) is 0.906. The summed E-state index contributed by atoms with van der Waals surface area (Å²) in [6.45, 7) is 17.0. The van der Waals surface area contributed by atoms with E-state index in [2.05, 4.69) is 27.7 Å². The van der Waals surface area contributed by atoms with Crippen LogP contribution in [0.3, 0.4) is 0 Å². The van der Waals surface area contributed by atoms with Crippen molar-refractivity contribution in [2.75, 3.05) is 0 Å². The topological polar surface area (TPSA) is 107 Å². The SMILES string of the molecule is CC(=O)O[C@@]1(O)CC[C@@]2(C)C(CC[C@]3(C)[C@@H]2C(=O)C[C@@H]2[C@H]4C[C@@](C)(C(N)=O)CC[C@]4(C)CC[C@]23C)C1(C)C. The molecule has 214 valence electrons. The van der Waals surface area contributed by atoms with Crippen LogP contribution in [0.5, 0.6) is 0 Å². The molecule has 5 saturated carbocycles. The minimum absolute atomic E-state index is 0.00654. The van der Waals surface area contributed by atoms with Crippen LogP contribution in [0.4, 0.5) is 0 Å². The summed E-state index contributed by atoms with van der Waals surface area (Å²) in [5.74, 6) is -1.27. The maximum atomic E-state index is 14.5. The summed E-state index contributed by atoms with van der Waals surface area (Å²) < 4.78 is 5.58. The van der Waals surface area contributed by atoms with Gasteiger partial charge in [-0.05, 0) is 90.8 Å². The smallest absolute Gasteiger partial charge is 0.305 e. The number of hydrogen-bond acceptors (Lipinski definition) is 5. The molecule has 10 atom stereocenters. The number of carbonyl (C=O) groups excluding carboxylic acids is 3. The lowest BCUT2D eigenvalue weighted by atomic mass is 9.31. The maximum Gasteiger partial charge on any atom is 0.305 e. The zero-order chi connectivity index (χ0) is 28.3. The fourth-order valence-electron chi connectivity index (χ4n) is 11.5. The largest absolute Gasteiger partial charge is 0.433 e. The third-order valence-corrected chi connectivity index (χ3v) is 14.2. The van der Waals surface area contributed by atoms with E-state index in [1.807, 2.05) is 20.8 Å². The van der Waals surface area contributed by atoms with Crippen LogP contribution in [-0.2, 0) is 19.1 Å². The van der Waals surface area contributed by atoms with E-state index in [4.69, 9.17) is 10.5 Å². The summed E-state index contributed by atoms with van der Waals surface area (Å²) >= 11 is 0. The number of ether oxygens (including phenoxy) is 1. The molecule has 0 spiro atoms. The molecule has 0 aliphatic heterocycles. The van der Waals surface area contributed by atoms with Crippen LogP contribution in [0.1, 0.15) is 120 Å². The average molecular weight is 530 g/mol. The Labute approximate surface area is 229 Å². The van der Waals surface area contributed by atoms with E-state index < -0.39 is 22.6 Å². The van der Waals surface area contributed by atoms with Gasteiger partial charge in [-0.15, -0.1) is 0 Å². The molecule has 5 aliphatic carbocycles. The molecule has 5 aliphatic rings. The Morgan fingerprint density at radius 3 is 2.11 bits per heavy atom. The Morgan fingerprint density at radius 1 is 0.868 bits per heavy atom. The van der Waals surface area contributed by atoms with Crippen molar-refractivity contribution in [3.63, 3.8) is 0 Å². The van der Waals surface area contributed by atoms with Crippen LogP contribution in [-0.4, -0.2) is 28.6 Å². The number of hydrogen-bond donors (Lipinski definition) is 2. The Hall–Kier alpha value is -1.43. The predicted octanol–water partition coefficient (Wildman–Crippen LogP) is 5.78. The molecule has 0 bridgehead atoms. The zero-order valence-electron chi connectivity index (χ0n) is 25.0. The molecule has 1 amide bonds. The van der Waals surface area contributed by atoms with E-state index in [0.29, 0.717) is 31.0 Å². The first-order valence-corrected chi connectivity index (χ1v) is 15.0. The van der Waals surface area contributed by atoms with Crippen LogP contribution in [0.2, 0.25) is 0 Å². The Bertz CT molecular complexity index is 1070. The van der Waals surface area contributed by atoms with Gasteiger partial charge in [-0.1, -0.05) is 48.5 Å². The van der Waals surface area contributed by atoms with Crippen LogP contribution >= 0.6 is 0 Å². The molecular weight excluding hydrogens is 478 g/mol. The molecule has 5 rings (SSSR count). The van der Waals surface area contributed by atoms with E-state index in [1.54, 1.807) is 0 Å². The van der Waals surface area contributed by atoms with Gasteiger partial charge in [0.15, 0.2) is 0 Å². The zero-order valence-corrected chi connectivity index (χ0v) is 25.0. The highest BCUT2D eigenvalue weighted by atomic mass is 16.7. The molecule has 3 N–H and O–H groups in total. The average Bonchev–Trinajstić information content (AvgIpc) is 2.79. The van der Waals surface area contributed by atoms with Gasteiger partial charge in [0.25, 0.3) is 0 Å². The number of aliphatic hydroxyl groups is 1. The van der Waals surface area contributed by atoms with Crippen LogP contribution in [0.25, 0.3) is 0 Å². The second-order valence-corrected chi connectivity index (χ2v) is 16.1. The molecule has 0 aromatic carbocycles. The predicted molar refractivity (Wildman–Crippen MR) is 145 cm³/mol. The number of nitrogens with two attached hydrogens (primary N) is 1. The molecule has 0 aromatic heterocycles. The number of fused-ring (bicyclic) bond motifs is 7. The van der Waals surface area contributed by atoms with Gasteiger partial charge in [-0.3, -0.25) is 14.4 Å².